The van der Waals surface area contributed by atoms with Gasteiger partial charge in [-0.1, -0.05) is 13.8 Å². The fourth-order valence-electron chi connectivity index (χ4n) is 0.939. The maximum Gasteiger partial charge on any atom is 0.307 e. The van der Waals surface area contributed by atoms with E-state index in [1.54, 1.807) is 0 Å². The number of carbonyl (C=O) groups is 1. The average Bonchev–Trinajstić information content (AvgIpc) is 2.03. The number of hydrogen-bond donors (Lipinski definition) is 1. The minimum absolute atomic E-state index is 0.112. The third kappa shape index (κ3) is 9.34. The fraction of sp³-hybridized carbons (Fsp3) is 0.900. The third-order valence-electron chi connectivity index (χ3n) is 1.71. The van der Waals surface area contributed by atoms with Crippen LogP contribution in [-0.4, -0.2) is 25.7 Å². The number of nitrogens with one attached hydrogen (secondary N) is 1. The van der Waals surface area contributed by atoms with Crippen LogP contribution in [0.2, 0.25) is 0 Å². The van der Waals surface area contributed by atoms with Gasteiger partial charge in [-0.2, -0.15) is 0 Å². The molecule has 0 aromatic carbocycles. The third-order valence-corrected chi connectivity index (χ3v) is 1.71. The molecular weight excluding hydrogens is 166 g/mol. The normalized spacial score (nSPS) is 10.5. The van der Waals surface area contributed by atoms with Crippen LogP contribution in [0.3, 0.4) is 0 Å². The van der Waals surface area contributed by atoms with Gasteiger partial charge in [0, 0.05) is 6.54 Å². The summed E-state index contributed by atoms with van der Waals surface area (Å²) in [6.07, 6.45) is 1.63. The van der Waals surface area contributed by atoms with Crippen LogP contribution < -0.4 is 5.32 Å². The van der Waals surface area contributed by atoms with E-state index in [4.69, 9.17) is 4.74 Å². The Labute approximate surface area is 80.8 Å². The standard InChI is InChI=1S/C10H21NO2/c1-4-13-10(12)6-8-11-7-5-9(2)3/h9,11H,4-8H2,1-3H3. The van der Waals surface area contributed by atoms with Gasteiger partial charge in [0.15, 0.2) is 0 Å². The van der Waals surface area contributed by atoms with Gasteiger partial charge in [-0.3, -0.25) is 4.79 Å². The lowest BCUT2D eigenvalue weighted by molar-refractivity contribution is -0.142. The second kappa shape index (κ2) is 8.05. The predicted molar refractivity (Wildman–Crippen MR) is 53.6 cm³/mol. The second-order valence-electron chi connectivity index (χ2n) is 3.49. The van der Waals surface area contributed by atoms with Crippen LogP contribution in [0.5, 0.6) is 0 Å². The first-order chi connectivity index (χ1) is 6.16. The van der Waals surface area contributed by atoms with E-state index in [1.165, 1.54) is 0 Å². The Morgan fingerprint density at radius 2 is 2.08 bits per heavy atom. The quantitative estimate of drug-likeness (QED) is 0.485. The molecule has 13 heavy (non-hydrogen) atoms. The first-order valence-corrected chi connectivity index (χ1v) is 5.03. The Kier molecular flexibility index (Phi) is 7.69. The van der Waals surface area contributed by atoms with Crippen molar-refractivity contribution in [2.24, 2.45) is 5.92 Å². The summed E-state index contributed by atoms with van der Waals surface area (Å²) in [5, 5.41) is 3.21. The van der Waals surface area contributed by atoms with E-state index in [0.29, 0.717) is 13.0 Å². The van der Waals surface area contributed by atoms with E-state index in [-0.39, 0.29) is 5.97 Å². The largest absolute Gasteiger partial charge is 0.466 e. The molecule has 0 bridgehead atoms. The van der Waals surface area contributed by atoms with Gasteiger partial charge in [-0.05, 0) is 25.8 Å². The van der Waals surface area contributed by atoms with E-state index >= 15 is 0 Å². The Bertz CT molecular complexity index is 135. The average molecular weight is 187 g/mol. The zero-order chi connectivity index (χ0) is 10.1. The lowest BCUT2D eigenvalue weighted by Crippen LogP contribution is -2.21. The molecule has 0 spiro atoms. The van der Waals surface area contributed by atoms with Crippen LogP contribution >= 0.6 is 0 Å². The van der Waals surface area contributed by atoms with E-state index in [0.717, 1.165) is 25.4 Å². The summed E-state index contributed by atoms with van der Waals surface area (Å²) >= 11 is 0. The predicted octanol–water partition coefficient (Wildman–Crippen LogP) is 1.58. The zero-order valence-corrected chi connectivity index (χ0v) is 8.93. The molecule has 3 nitrogen and oxygen atoms in total. The SMILES string of the molecule is CCOC(=O)CCNCCC(C)C. The second-order valence-corrected chi connectivity index (χ2v) is 3.49. The van der Waals surface area contributed by atoms with Crippen LogP contribution in [-0.2, 0) is 9.53 Å². The molecule has 78 valence electrons. The molecule has 0 amide bonds. The van der Waals surface area contributed by atoms with E-state index in [1.807, 2.05) is 6.92 Å². The molecular formula is C10H21NO2. The highest BCUT2D eigenvalue weighted by Gasteiger charge is 2.00. The molecule has 3 heteroatoms. The van der Waals surface area contributed by atoms with Crippen LogP contribution in [0.15, 0.2) is 0 Å². The first-order valence-electron chi connectivity index (χ1n) is 5.03. The van der Waals surface area contributed by atoms with Crippen LogP contribution in [0.1, 0.15) is 33.6 Å². The number of carbonyl (C=O) groups excluding carboxylic acids is 1. The first kappa shape index (κ1) is 12.4. The van der Waals surface area contributed by atoms with Gasteiger partial charge in [-0.25, -0.2) is 0 Å². The maximum atomic E-state index is 10.9. The van der Waals surface area contributed by atoms with Gasteiger partial charge in [0.05, 0.1) is 13.0 Å². The number of ether oxygens (including phenoxy) is 1. The number of hydrogen-bond acceptors (Lipinski definition) is 3. The van der Waals surface area contributed by atoms with Crippen LogP contribution in [0, 0.1) is 5.92 Å². The van der Waals surface area contributed by atoms with Crippen LogP contribution in [0.25, 0.3) is 0 Å². The van der Waals surface area contributed by atoms with Crippen molar-refractivity contribution in [3.05, 3.63) is 0 Å². The van der Waals surface area contributed by atoms with Gasteiger partial charge >= 0.3 is 5.97 Å². The summed E-state index contributed by atoms with van der Waals surface area (Å²) < 4.78 is 4.79. The van der Waals surface area contributed by atoms with Gasteiger partial charge in [0.1, 0.15) is 0 Å². The van der Waals surface area contributed by atoms with E-state index < -0.39 is 0 Å². The van der Waals surface area contributed by atoms with Crippen molar-refractivity contribution in [3.8, 4) is 0 Å². The monoisotopic (exact) mass is 187 g/mol. The number of rotatable bonds is 7. The smallest absolute Gasteiger partial charge is 0.307 e. The van der Waals surface area contributed by atoms with Crippen molar-refractivity contribution in [1.82, 2.24) is 5.32 Å². The van der Waals surface area contributed by atoms with Crippen molar-refractivity contribution in [1.29, 1.82) is 0 Å². The van der Waals surface area contributed by atoms with Crippen molar-refractivity contribution < 1.29 is 9.53 Å². The molecule has 0 aliphatic rings. The maximum absolute atomic E-state index is 10.9. The highest BCUT2D eigenvalue weighted by Crippen LogP contribution is 1.96. The molecule has 1 N–H and O–H groups in total. The Hall–Kier alpha value is -0.570. The molecule has 0 aromatic heterocycles. The molecule has 0 heterocycles. The summed E-state index contributed by atoms with van der Waals surface area (Å²) in [4.78, 5) is 10.9. The van der Waals surface area contributed by atoms with E-state index in [2.05, 4.69) is 19.2 Å². The zero-order valence-electron chi connectivity index (χ0n) is 8.93. The Morgan fingerprint density at radius 3 is 2.62 bits per heavy atom. The molecule has 0 fully saturated rings. The van der Waals surface area contributed by atoms with Crippen LogP contribution in [0.4, 0.5) is 0 Å². The molecule has 0 saturated carbocycles. The van der Waals surface area contributed by atoms with Crippen molar-refractivity contribution >= 4 is 5.97 Å². The summed E-state index contributed by atoms with van der Waals surface area (Å²) in [5.41, 5.74) is 0. The fourth-order valence-corrected chi connectivity index (χ4v) is 0.939. The molecule has 0 aromatic rings. The summed E-state index contributed by atoms with van der Waals surface area (Å²) in [6.45, 7) is 8.39. The highest BCUT2D eigenvalue weighted by molar-refractivity contribution is 5.69. The topological polar surface area (TPSA) is 38.3 Å². The molecule has 0 unspecified atom stereocenters. The number of esters is 1. The molecule has 0 rings (SSSR count). The highest BCUT2D eigenvalue weighted by atomic mass is 16.5. The molecule has 0 atom stereocenters. The van der Waals surface area contributed by atoms with Gasteiger partial charge in [0.2, 0.25) is 0 Å². The molecule has 0 aliphatic heterocycles. The minimum atomic E-state index is -0.112. The summed E-state index contributed by atoms with van der Waals surface area (Å²) in [5.74, 6) is 0.606. The molecule has 0 aliphatic carbocycles. The summed E-state index contributed by atoms with van der Waals surface area (Å²) in [6, 6.07) is 0. The van der Waals surface area contributed by atoms with Gasteiger partial charge in [0.25, 0.3) is 0 Å². The van der Waals surface area contributed by atoms with Crippen molar-refractivity contribution in [2.45, 2.75) is 33.6 Å². The Balaban J connectivity index is 3.11. The van der Waals surface area contributed by atoms with Crippen molar-refractivity contribution in [2.75, 3.05) is 19.7 Å². The minimum Gasteiger partial charge on any atom is -0.466 e. The lowest BCUT2D eigenvalue weighted by atomic mass is 10.1. The Morgan fingerprint density at radius 1 is 1.38 bits per heavy atom. The molecule has 0 saturated heterocycles. The van der Waals surface area contributed by atoms with E-state index in [9.17, 15) is 4.79 Å². The lowest BCUT2D eigenvalue weighted by Gasteiger charge is -2.06. The van der Waals surface area contributed by atoms with Gasteiger partial charge in [-0.15, -0.1) is 0 Å². The summed E-state index contributed by atoms with van der Waals surface area (Å²) in [7, 11) is 0. The van der Waals surface area contributed by atoms with Gasteiger partial charge < -0.3 is 10.1 Å². The van der Waals surface area contributed by atoms with Crippen molar-refractivity contribution in [3.63, 3.8) is 0 Å². The molecule has 0 radical (unpaired) electrons.